The van der Waals surface area contributed by atoms with Crippen molar-refractivity contribution in [3.63, 3.8) is 0 Å². The van der Waals surface area contributed by atoms with Gasteiger partial charge in [-0.15, -0.1) is 0 Å². The summed E-state index contributed by atoms with van der Waals surface area (Å²) < 4.78 is 32.5. The van der Waals surface area contributed by atoms with E-state index in [0.717, 1.165) is 18.1 Å². The second-order valence-electron chi connectivity index (χ2n) is 8.66. The standard InChI is InChI=1S/C27H27F2N3O4/c1-2-16-4-3-5-17(8-16)14-30-15-24(33)23(11-18-9-20(28)13-21(29)10-18)31-26(34)19-6-7-22-25(12-19)36-27(35)32-22/h3-10,12-13,23-24,30,33H,2,11,14-15H2,1H3,(H,31,34)(H,32,35)/t23-,24-/m0/s1. The van der Waals surface area contributed by atoms with Gasteiger partial charge in [0.05, 0.1) is 17.7 Å². The van der Waals surface area contributed by atoms with E-state index in [2.05, 4.69) is 28.6 Å². The Balaban J connectivity index is 1.49. The number of amides is 1. The molecule has 7 nitrogen and oxygen atoms in total. The molecule has 4 N–H and O–H groups in total. The number of aliphatic hydroxyl groups excluding tert-OH is 1. The van der Waals surface area contributed by atoms with Crippen molar-refractivity contribution >= 4 is 17.0 Å². The molecule has 0 radical (unpaired) electrons. The summed E-state index contributed by atoms with van der Waals surface area (Å²) in [4.78, 5) is 26.9. The maximum atomic E-state index is 13.8. The van der Waals surface area contributed by atoms with Gasteiger partial charge in [-0.2, -0.15) is 0 Å². The van der Waals surface area contributed by atoms with E-state index in [1.165, 1.54) is 35.9 Å². The number of H-pyrrole nitrogens is 1. The lowest BCUT2D eigenvalue weighted by atomic mass is 10.00. The molecular formula is C27H27F2N3O4. The van der Waals surface area contributed by atoms with Crippen LogP contribution < -0.4 is 16.4 Å². The molecule has 3 aromatic carbocycles. The first-order chi connectivity index (χ1) is 17.3. The molecule has 0 aliphatic rings. The summed E-state index contributed by atoms with van der Waals surface area (Å²) in [5.74, 6) is -2.66. The first kappa shape index (κ1) is 25.3. The number of fused-ring (bicyclic) bond motifs is 1. The number of aliphatic hydroxyl groups is 1. The Labute approximate surface area is 206 Å². The molecule has 36 heavy (non-hydrogen) atoms. The van der Waals surface area contributed by atoms with Crippen molar-refractivity contribution in [2.45, 2.75) is 38.5 Å². The number of rotatable bonds is 10. The smallest absolute Gasteiger partial charge is 0.408 e. The largest absolute Gasteiger partial charge is 0.417 e. The van der Waals surface area contributed by atoms with Crippen LogP contribution in [0.1, 0.15) is 34.0 Å². The molecule has 1 aromatic heterocycles. The van der Waals surface area contributed by atoms with Gasteiger partial charge in [-0.1, -0.05) is 31.2 Å². The van der Waals surface area contributed by atoms with Crippen LogP contribution in [0.3, 0.4) is 0 Å². The normalized spacial score (nSPS) is 13.0. The molecule has 0 saturated carbocycles. The molecule has 188 valence electrons. The molecular weight excluding hydrogens is 468 g/mol. The Morgan fingerprint density at radius 1 is 1.03 bits per heavy atom. The summed E-state index contributed by atoms with van der Waals surface area (Å²) in [7, 11) is 0. The number of aromatic amines is 1. The molecule has 4 rings (SSSR count). The molecule has 1 heterocycles. The maximum absolute atomic E-state index is 13.8. The van der Waals surface area contributed by atoms with E-state index < -0.39 is 35.4 Å². The summed E-state index contributed by atoms with van der Waals surface area (Å²) in [6.45, 7) is 2.70. The van der Waals surface area contributed by atoms with Crippen molar-refractivity contribution in [2.75, 3.05) is 6.54 Å². The van der Waals surface area contributed by atoms with Crippen molar-refractivity contribution in [1.29, 1.82) is 0 Å². The van der Waals surface area contributed by atoms with E-state index in [4.69, 9.17) is 4.42 Å². The van der Waals surface area contributed by atoms with Crippen molar-refractivity contribution in [3.8, 4) is 0 Å². The van der Waals surface area contributed by atoms with E-state index in [-0.39, 0.29) is 24.1 Å². The zero-order chi connectivity index (χ0) is 25.7. The molecule has 0 saturated heterocycles. The van der Waals surface area contributed by atoms with E-state index in [9.17, 15) is 23.5 Å². The number of aromatic nitrogens is 1. The van der Waals surface area contributed by atoms with Gasteiger partial charge < -0.3 is 20.2 Å². The summed E-state index contributed by atoms with van der Waals surface area (Å²) >= 11 is 0. The molecule has 1 amide bonds. The summed E-state index contributed by atoms with van der Waals surface area (Å²) in [6, 6.07) is 14.7. The summed E-state index contributed by atoms with van der Waals surface area (Å²) in [5.41, 5.74) is 3.41. The van der Waals surface area contributed by atoms with Crippen LogP contribution in [-0.2, 0) is 19.4 Å². The zero-order valence-corrected chi connectivity index (χ0v) is 19.7. The van der Waals surface area contributed by atoms with Crippen molar-refractivity contribution in [2.24, 2.45) is 0 Å². The number of oxazole rings is 1. The molecule has 4 aromatic rings. The van der Waals surface area contributed by atoms with Crippen LogP contribution in [-0.4, -0.2) is 34.7 Å². The van der Waals surface area contributed by atoms with E-state index in [1.54, 1.807) is 0 Å². The minimum Gasteiger partial charge on any atom is -0.408 e. The number of carbonyl (C=O) groups excluding carboxylic acids is 1. The summed E-state index contributed by atoms with van der Waals surface area (Å²) in [5, 5.41) is 16.9. The quantitative estimate of drug-likeness (QED) is 0.270. The van der Waals surface area contributed by atoms with Gasteiger partial charge in [0.1, 0.15) is 11.6 Å². The highest BCUT2D eigenvalue weighted by Crippen LogP contribution is 2.15. The van der Waals surface area contributed by atoms with E-state index in [0.29, 0.717) is 17.6 Å². The Morgan fingerprint density at radius 3 is 2.53 bits per heavy atom. The Morgan fingerprint density at radius 2 is 1.78 bits per heavy atom. The fraction of sp³-hybridized carbons (Fsp3) is 0.259. The Bertz CT molecular complexity index is 1400. The van der Waals surface area contributed by atoms with E-state index >= 15 is 0 Å². The molecule has 0 fully saturated rings. The highest BCUT2D eigenvalue weighted by Gasteiger charge is 2.23. The number of carbonyl (C=O) groups is 1. The second-order valence-corrected chi connectivity index (χ2v) is 8.66. The molecule has 0 bridgehead atoms. The number of halogens is 2. The Hall–Kier alpha value is -3.82. The van der Waals surface area contributed by atoms with Gasteiger partial charge in [-0.05, 0) is 59.9 Å². The highest BCUT2D eigenvalue weighted by molar-refractivity contribution is 5.97. The SMILES string of the molecule is CCc1cccc(CNC[C@H](O)[C@H](Cc2cc(F)cc(F)c2)NC(=O)c2ccc3[nH]c(=O)oc3c2)c1. The third-order valence-corrected chi connectivity index (χ3v) is 5.92. The average Bonchev–Trinajstić information content (AvgIpc) is 3.22. The van der Waals surface area contributed by atoms with Gasteiger partial charge in [-0.25, -0.2) is 13.6 Å². The van der Waals surface area contributed by atoms with Crippen LogP contribution in [0.4, 0.5) is 8.78 Å². The van der Waals surface area contributed by atoms with Gasteiger partial charge in [0.25, 0.3) is 5.91 Å². The van der Waals surface area contributed by atoms with Crippen LogP contribution in [0.15, 0.2) is 69.9 Å². The fourth-order valence-electron chi connectivity index (χ4n) is 4.07. The first-order valence-corrected chi connectivity index (χ1v) is 11.7. The number of hydrogen-bond acceptors (Lipinski definition) is 5. The minimum atomic E-state index is -1.07. The first-order valence-electron chi connectivity index (χ1n) is 11.7. The van der Waals surface area contributed by atoms with Gasteiger partial charge in [-0.3, -0.25) is 9.78 Å². The summed E-state index contributed by atoms with van der Waals surface area (Å²) in [6.07, 6.45) is -0.161. The molecule has 0 aliphatic heterocycles. The molecule has 0 spiro atoms. The van der Waals surface area contributed by atoms with Crippen LogP contribution in [0.5, 0.6) is 0 Å². The van der Waals surface area contributed by atoms with Crippen molar-refractivity contribution in [3.05, 3.63) is 105 Å². The number of hydrogen-bond donors (Lipinski definition) is 4. The third kappa shape index (κ3) is 6.44. The predicted molar refractivity (Wildman–Crippen MR) is 132 cm³/mol. The third-order valence-electron chi connectivity index (χ3n) is 5.92. The van der Waals surface area contributed by atoms with Crippen LogP contribution in [0.25, 0.3) is 11.1 Å². The van der Waals surface area contributed by atoms with E-state index in [1.807, 2.05) is 18.2 Å². The minimum absolute atomic E-state index is 0.00390. The van der Waals surface area contributed by atoms with Crippen LogP contribution in [0.2, 0.25) is 0 Å². The lowest BCUT2D eigenvalue weighted by Gasteiger charge is -2.25. The van der Waals surface area contributed by atoms with Crippen molar-refractivity contribution in [1.82, 2.24) is 15.6 Å². The van der Waals surface area contributed by atoms with Crippen LogP contribution in [0, 0.1) is 11.6 Å². The lowest BCUT2D eigenvalue weighted by Crippen LogP contribution is -2.48. The second kappa shape index (κ2) is 11.3. The van der Waals surface area contributed by atoms with Crippen LogP contribution >= 0.6 is 0 Å². The zero-order valence-electron chi connectivity index (χ0n) is 19.7. The monoisotopic (exact) mass is 495 g/mol. The number of aryl methyl sites for hydroxylation is 1. The molecule has 9 heteroatoms. The maximum Gasteiger partial charge on any atom is 0.417 e. The highest BCUT2D eigenvalue weighted by atomic mass is 19.1. The van der Waals surface area contributed by atoms with Gasteiger partial charge >= 0.3 is 5.76 Å². The van der Waals surface area contributed by atoms with Crippen molar-refractivity contribution < 1.29 is 23.1 Å². The van der Waals surface area contributed by atoms with Gasteiger partial charge in [0.15, 0.2) is 5.58 Å². The molecule has 0 unspecified atom stereocenters. The van der Waals surface area contributed by atoms with Gasteiger partial charge in [0.2, 0.25) is 0 Å². The molecule has 0 aliphatic carbocycles. The topological polar surface area (TPSA) is 107 Å². The Kier molecular flexibility index (Phi) is 7.92. The predicted octanol–water partition coefficient (Wildman–Crippen LogP) is 3.45. The molecule has 2 atom stereocenters. The van der Waals surface area contributed by atoms with Gasteiger partial charge in [0, 0.05) is 24.7 Å². The number of benzene rings is 3. The number of nitrogens with one attached hydrogen (secondary N) is 3. The fourth-order valence-corrected chi connectivity index (χ4v) is 4.07. The average molecular weight is 496 g/mol. The lowest BCUT2D eigenvalue weighted by molar-refractivity contribution is 0.0830.